The molecule has 5 aliphatic rings. The summed E-state index contributed by atoms with van der Waals surface area (Å²) >= 11 is 0. The lowest BCUT2D eigenvalue weighted by Gasteiger charge is -2.40. The van der Waals surface area contributed by atoms with Crippen LogP contribution in [0.4, 0.5) is 0 Å². The van der Waals surface area contributed by atoms with Crippen LogP contribution < -0.4 is 9.47 Å². The van der Waals surface area contributed by atoms with Crippen LogP contribution in [0.2, 0.25) is 0 Å². The predicted octanol–water partition coefficient (Wildman–Crippen LogP) is 8.97. The molecule has 0 aromatic heterocycles. The van der Waals surface area contributed by atoms with Crippen LogP contribution in [-0.2, 0) is 36.5 Å². The molecule has 4 heteroatoms. The summed E-state index contributed by atoms with van der Waals surface area (Å²) in [7, 11) is 0. The molecule has 2 unspecified atom stereocenters. The van der Waals surface area contributed by atoms with Crippen molar-refractivity contribution in [2.45, 2.75) is 143 Å². The van der Waals surface area contributed by atoms with Gasteiger partial charge >= 0.3 is 0 Å². The maximum absolute atomic E-state index is 12.7. The molecule has 0 saturated heterocycles. The average Bonchev–Trinajstić information content (AvgIpc) is 3.55. The molecule has 4 nitrogen and oxygen atoms in total. The Balaban J connectivity index is 1.62. The van der Waals surface area contributed by atoms with E-state index < -0.39 is 47.0 Å². The molecule has 2 N–H and O–H groups in total. The highest BCUT2D eigenvalue weighted by Crippen LogP contribution is 2.53. The monoisotopic (exact) mass is 652 g/mol. The number of benzene rings is 2. The first-order valence-corrected chi connectivity index (χ1v) is 17.5. The van der Waals surface area contributed by atoms with Gasteiger partial charge in [-0.25, -0.2) is 0 Å². The standard InChI is InChI=1S/C44H56O4/c1-39(2,3)31-15-25-13-27-17-33(41(7,8)9)24-44(37(27)45)22-30-20-32(40(4,5)6)16-26(36(30)48-44)14-28-18-34(42(10,11)12)23-43(38(28)46)21-29(19-31)35(25)47-43/h15-20,23-24,37-38,45-46H,13-14,21-22H2,1-12H3/t37-,38+,43-,44+/i13D,14D,37D,38D/t13?,14?,37-,38+,43-,44+. The van der Waals surface area contributed by atoms with Crippen molar-refractivity contribution >= 4 is 0 Å². The fraction of sp³-hybridized carbons (Fsp3) is 0.545. The summed E-state index contributed by atoms with van der Waals surface area (Å²) in [6.45, 7) is 25.0. The molecule has 7 rings (SSSR count). The first-order chi connectivity index (χ1) is 23.5. The third kappa shape index (κ3) is 5.33. The Kier molecular flexibility index (Phi) is 6.12. The van der Waals surface area contributed by atoms with Crippen molar-refractivity contribution in [3.8, 4) is 11.5 Å². The van der Waals surface area contributed by atoms with E-state index >= 15 is 0 Å². The number of hydrogen-bond donors (Lipinski definition) is 2. The fourth-order valence-corrected chi connectivity index (χ4v) is 7.55. The normalized spacial score (nSPS) is 35.4. The molecular formula is C44H56O4. The predicted molar refractivity (Wildman–Crippen MR) is 195 cm³/mol. The molecule has 3 aliphatic heterocycles. The van der Waals surface area contributed by atoms with E-state index in [0.717, 1.165) is 33.4 Å². The van der Waals surface area contributed by atoms with Gasteiger partial charge in [-0.15, -0.1) is 0 Å². The zero-order valence-corrected chi connectivity index (χ0v) is 30.9. The van der Waals surface area contributed by atoms with Crippen molar-refractivity contribution in [3.05, 3.63) is 104 Å². The minimum Gasteiger partial charge on any atom is -0.479 e. The number of rotatable bonds is 0. The topological polar surface area (TPSA) is 58.9 Å². The molecule has 3 heterocycles. The number of fused-ring (bicyclic) bond motifs is 2. The van der Waals surface area contributed by atoms with Crippen molar-refractivity contribution in [3.63, 3.8) is 0 Å². The second kappa shape index (κ2) is 10.2. The molecule has 0 radical (unpaired) electrons. The second-order valence-corrected chi connectivity index (χ2v) is 18.8. The largest absolute Gasteiger partial charge is 0.479 e. The highest BCUT2D eigenvalue weighted by atomic mass is 16.5. The van der Waals surface area contributed by atoms with Gasteiger partial charge in [0, 0.05) is 28.4 Å². The van der Waals surface area contributed by atoms with Crippen LogP contribution in [0, 0.1) is 10.8 Å². The van der Waals surface area contributed by atoms with E-state index in [-0.39, 0.29) is 34.8 Å². The van der Waals surface area contributed by atoms with Gasteiger partial charge < -0.3 is 19.7 Å². The summed E-state index contributed by atoms with van der Waals surface area (Å²) in [5, 5.41) is 25.3. The third-order valence-corrected chi connectivity index (χ3v) is 10.7. The molecule has 6 atom stereocenters. The highest BCUT2D eigenvalue weighted by Gasteiger charge is 2.52. The van der Waals surface area contributed by atoms with E-state index in [9.17, 15) is 15.7 Å². The zero-order valence-electron chi connectivity index (χ0n) is 34.9. The molecule has 0 amide bonds. The summed E-state index contributed by atoms with van der Waals surface area (Å²) < 4.78 is 53.6. The van der Waals surface area contributed by atoms with Gasteiger partial charge in [-0.2, -0.15) is 0 Å². The minimum absolute atomic E-state index is 0.146. The summed E-state index contributed by atoms with van der Waals surface area (Å²) in [6.07, 6.45) is 0.362. The quantitative estimate of drug-likeness (QED) is 0.298. The maximum Gasteiger partial charge on any atom is 0.161 e. The van der Waals surface area contributed by atoms with Crippen LogP contribution in [0.1, 0.15) is 122 Å². The summed E-state index contributed by atoms with van der Waals surface area (Å²) in [5.74, 6) is 0.758. The first kappa shape index (κ1) is 28.7. The smallest absolute Gasteiger partial charge is 0.161 e. The number of hydrogen-bond acceptors (Lipinski definition) is 4. The lowest BCUT2D eigenvalue weighted by molar-refractivity contribution is 0.00717. The van der Waals surface area contributed by atoms with E-state index in [0.29, 0.717) is 22.6 Å². The van der Waals surface area contributed by atoms with Crippen molar-refractivity contribution < 1.29 is 25.2 Å². The van der Waals surface area contributed by atoms with Gasteiger partial charge in [0.05, 0.1) is 2.74 Å². The Bertz CT molecular complexity index is 1880. The zero-order chi connectivity index (χ0) is 38.6. The summed E-state index contributed by atoms with van der Waals surface area (Å²) in [5.41, 5.74) is 1.61. The minimum atomic E-state index is -2.38. The average molecular weight is 653 g/mol. The maximum atomic E-state index is 12.7. The second-order valence-electron chi connectivity index (χ2n) is 18.8. The molecular weight excluding hydrogens is 592 g/mol. The molecule has 0 fully saturated rings. The molecule has 0 saturated carbocycles. The van der Waals surface area contributed by atoms with E-state index in [2.05, 4.69) is 83.1 Å². The summed E-state index contributed by atoms with van der Waals surface area (Å²) in [4.78, 5) is 0. The van der Waals surface area contributed by atoms with Gasteiger partial charge in [-0.1, -0.05) is 120 Å². The van der Waals surface area contributed by atoms with Gasteiger partial charge in [0.15, 0.2) is 11.2 Å². The molecule has 2 spiro atoms. The van der Waals surface area contributed by atoms with Gasteiger partial charge in [-0.3, -0.25) is 0 Å². The Morgan fingerprint density at radius 3 is 1.23 bits per heavy atom. The Labute approximate surface area is 294 Å². The fourth-order valence-electron chi connectivity index (χ4n) is 7.55. The van der Waals surface area contributed by atoms with E-state index in [1.165, 1.54) is 0 Å². The van der Waals surface area contributed by atoms with Crippen LogP contribution in [0.5, 0.6) is 11.5 Å². The van der Waals surface area contributed by atoms with Crippen LogP contribution in [0.15, 0.2) is 70.9 Å². The number of allylic oxidation sites excluding steroid dienone is 4. The van der Waals surface area contributed by atoms with Crippen LogP contribution in [0.3, 0.4) is 0 Å². The van der Waals surface area contributed by atoms with Crippen LogP contribution in [-0.4, -0.2) is 33.6 Å². The van der Waals surface area contributed by atoms with Gasteiger partial charge in [0.25, 0.3) is 0 Å². The molecule has 2 aromatic carbocycles. The van der Waals surface area contributed by atoms with E-state index in [1.807, 2.05) is 36.4 Å². The van der Waals surface area contributed by atoms with Gasteiger partial charge in [-0.05, 0) is 89.5 Å². The Morgan fingerprint density at radius 2 is 0.917 bits per heavy atom. The third-order valence-electron chi connectivity index (χ3n) is 10.7. The SMILES string of the molecule is [2H]C1C2=CC(C(C)(C)C)=C[C@]3(Cc4cc(C(C)(C)C)cc(c4O3)C([2H])C3=CC(C(C)(C)C)=C[C@@]4(Cc5cc(C(C)(C)C)cc1c5O4)[C@]3([2H])O)[C@@]2([2H])O. The van der Waals surface area contributed by atoms with Gasteiger partial charge in [0.2, 0.25) is 0 Å². The Hall–Kier alpha value is -3.08. The first-order valence-electron chi connectivity index (χ1n) is 19.6. The summed E-state index contributed by atoms with van der Waals surface area (Å²) in [6, 6.07) is 7.96. The van der Waals surface area contributed by atoms with E-state index in [1.54, 1.807) is 12.2 Å². The Morgan fingerprint density at radius 1 is 0.583 bits per heavy atom. The molecule has 48 heavy (non-hydrogen) atoms. The van der Waals surface area contributed by atoms with Crippen molar-refractivity contribution in [2.24, 2.45) is 10.8 Å². The highest BCUT2D eigenvalue weighted by molar-refractivity contribution is 5.60. The molecule has 2 aliphatic carbocycles. The number of aliphatic hydroxyl groups is 2. The van der Waals surface area contributed by atoms with Crippen molar-refractivity contribution in [1.82, 2.24) is 0 Å². The van der Waals surface area contributed by atoms with E-state index in [4.69, 9.17) is 9.47 Å². The molecule has 6 bridgehead atoms. The molecule has 2 aromatic rings. The van der Waals surface area contributed by atoms with Crippen molar-refractivity contribution in [1.29, 1.82) is 0 Å². The number of ether oxygens (including phenoxy) is 2. The van der Waals surface area contributed by atoms with Crippen LogP contribution >= 0.6 is 0 Å². The lowest BCUT2D eigenvalue weighted by Crippen LogP contribution is -2.49. The molecule has 256 valence electrons. The van der Waals surface area contributed by atoms with Crippen molar-refractivity contribution in [2.75, 3.05) is 0 Å². The van der Waals surface area contributed by atoms with Crippen LogP contribution in [0.25, 0.3) is 0 Å². The van der Waals surface area contributed by atoms with Gasteiger partial charge in [0.1, 0.15) is 23.7 Å². The lowest BCUT2D eigenvalue weighted by atomic mass is 9.71.